The summed E-state index contributed by atoms with van der Waals surface area (Å²) in [5.74, 6) is 0. The molecule has 1 aromatic heterocycles. The Labute approximate surface area is 118 Å². The van der Waals surface area contributed by atoms with Crippen LogP contribution < -0.4 is 0 Å². The molecule has 0 radical (unpaired) electrons. The first-order valence-corrected chi connectivity index (χ1v) is 7.51. The van der Waals surface area contributed by atoms with Crippen molar-refractivity contribution in [3.05, 3.63) is 17.0 Å². The molecule has 2 aliphatic carbocycles. The van der Waals surface area contributed by atoms with E-state index in [1.165, 1.54) is 56.3 Å². The Hall–Kier alpha value is -0.790. The van der Waals surface area contributed by atoms with E-state index in [9.17, 15) is 0 Å². The molecule has 1 spiro atoms. The maximum absolute atomic E-state index is 4.95. The summed E-state index contributed by atoms with van der Waals surface area (Å²) in [5, 5.41) is 4.95. The fourth-order valence-electron chi connectivity index (χ4n) is 4.37. The van der Waals surface area contributed by atoms with Gasteiger partial charge in [0.05, 0.1) is 5.69 Å². The molecule has 1 heterocycles. The van der Waals surface area contributed by atoms with Gasteiger partial charge in [-0.3, -0.25) is 4.68 Å². The van der Waals surface area contributed by atoms with E-state index < -0.39 is 0 Å². The highest BCUT2D eigenvalue weighted by molar-refractivity contribution is 5.41. The third-order valence-electron chi connectivity index (χ3n) is 5.02. The van der Waals surface area contributed by atoms with Crippen LogP contribution in [0.25, 0.3) is 0 Å². The van der Waals surface area contributed by atoms with E-state index in [1.807, 2.05) is 0 Å². The summed E-state index contributed by atoms with van der Waals surface area (Å²) >= 11 is 0. The lowest BCUT2D eigenvalue weighted by molar-refractivity contribution is 0.282. The monoisotopic (exact) mass is 262 g/mol. The molecule has 0 atom stereocenters. The molecule has 0 amide bonds. The van der Waals surface area contributed by atoms with Gasteiger partial charge in [0, 0.05) is 23.6 Å². The Morgan fingerprint density at radius 1 is 1.05 bits per heavy atom. The van der Waals surface area contributed by atoms with Gasteiger partial charge < -0.3 is 0 Å². The first-order chi connectivity index (χ1) is 8.44. The van der Waals surface area contributed by atoms with Crippen LogP contribution in [0.1, 0.15) is 83.7 Å². The predicted molar refractivity (Wildman–Crippen MR) is 81.7 cm³/mol. The fraction of sp³-hybridized carbons (Fsp3) is 0.824. The molecule has 108 valence electrons. The average molecular weight is 262 g/mol. The first kappa shape index (κ1) is 14.6. The van der Waals surface area contributed by atoms with Crippen molar-refractivity contribution in [3.8, 4) is 0 Å². The smallest absolute Gasteiger partial charge is 0.0721 e. The van der Waals surface area contributed by atoms with Crippen LogP contribution in [0.5, 0.6) is 0 Å². The Kier molecular flexibility index (Phi) is 3.57. The third-order valence-corrected chi connectivity index (χ3v) is 5.02. The Morgan fingerprint density at radius 2 is 1.68 bits per heavy atom. The minimum absolute atomic E-state index is 0. The molecule has 0 aromatic carbocycles. The minimum Gasteiger partial charge on any atom is -0.272 e. The highest BCUT2D eigenvalue weighted by Gasteiger charge is 2.44. The molecule has 1 aromatic rings. The summed E-state index contributed by atoms with van der Waals surface area (Å²) in [6, 6.07) is 0. The van der Waals surface area contributed by atoms with E-state index in [1.54, 1.807) is 5.56 Å². The van der Waals surface area contributed by atoms with E-state index in [0.29, 0.717) is 5.41 Å². The fourth-order valence-corrected chi connectivity index (χ4v) is 4.37. The Bertz CT molecular complexity index is 456. The number of hydrogen-bond acceptors (Lipinski definition) is 1. The highest BCUT2D eigenvalue weighted by atomic mass is 15.3. The molecular weight excluding hydrogens is 232 g/mol. The highest BCUT2D eigenvalue weighted by Crippen LogP contribution is 2.50. The van der Waals surface area contributed by atoms with Crippen molar-refractivity contribution in [2.24, 2.45) is 7.05 Å². The van der Waals surface area contributed by atoms with Gasteiger partial charge in [0.1, 0.15) is 0 Å². The van der Waals surface area contributed by atoms with Gasteiger partial charge in [-0.1, -0.05) is 47.5 Å². The van der Waals surface area contributed by atoms with Crippen LogP contribution in [-0.4, -0.2) is 9.78 Å². The molecule has 2 heteroatoms. The summed E-state index contributed by atoms with van der Waals surface area (Å²) in [7, 11) is 2.13. The predicted octanol–water partition coefficient (Wildman–Crippen LogP) is 4.50. The maximum atomic E-state index is 4.95. The van der Waals surface area contributed by atoms with Gasteiger partial charge in [-0.05, 0) is 31.2 Å². The second-order valence-electron chi connectivity index (χ2n) is 7.39. The van der Waals surface area contributed by atoms with Crippen LogP contribution in [0, 0.1) is 0 Å². The molecule has 3 rings (SSSR count). The summed E-state index contributed by atoms with van der Waals surface area (Å²) < 4.78 is 2.17. The van der Waals surface area contributed by atoms with Crippen LogP contribution in [-0.2, 0) is 24.3 Å². The average Bonchev–Trinajstić information content (AvgIpc) is 2.78. The van der Waals surface area contributed by atoms with E-state index in [-0.39, 0.29) is 12.8 Å². The quantitative estimate of drug-likeness (QED) is 0.673. The third kappa shape index (κ3) is 2.13. The zero-order chi connectivity index (χ0) is 13.0. The number of aromatic nitrogens is 2. The summed E-state index contributed by atoms with van der Waals surface area (Å²) in [6.45, 7) is 6.95. The number of rotatable bonds is 0. The van der Waals surface area contributed by atoms with E-state index in [4.69, 9.17) is 5.10 Å². The van der Waals surface area contributed by atoms with Gasteiger partial charge in [0.2, 0.25) is 0 Å². The minimum atomic E-state index is 0. The van der Waals surface area contributed by atoms with Crippen molar-refractivity contribution in [1.29, 1.82) is 0 Å². The number of aryl methyl sites for hydroxylation is 1. The van der Waals surface area contributed by atoms with Crippen molar-refractivity contribution in [1.82, 2.24) is 9.78 Å². The Balaban J connectivity index is 0.00000133. The van der Waals surface area contributed by atoms with Gasteiger partial charge in [0.25, 0.3) is 0 Å². The molecule has 0 N–H and O–H groups in total. The SMILES string of the molecule is C.Cn1nc2c(c1C(C)(C)C)CCC21CCCCC1. The topological polar surface area (TPSA) is 17.8 Å². The lowest BCUT2D eigenvalue weighted by atomic mass is 9.72. The Morgan fingerprint density at radius 3 is 2.26 bits per heavy atom. The van der Waals surface area contributed by atoms with Crippen molar-refractivity contribution in [2.75, 3.05) is 0 Å². The molecule has 0 unspecified atom stereocenters. The standard InChI is InChI=1S/C16H26N2.CH4/c1-15(2,3)14-12-8-11-16(9-6-5-7-10-16)13(12)17-18(14)4;/h5-11H2,1-4H3;1H4. The van der Waals surface area contributed by atoms with Gasteiger partial charge >= 0.3 is 0 Å². The number of fused-ring (bicyclic) bond motifs is 2. The van der Waals surface area contributed by atoms with Gasteiger partial charge in [-0.15, -0.1) is 0 Å². The van der Waals surface area contributed by atoms with Crippen LogP contribution in [0.15, 0.2) is 0 Å². The summed E-state index contributed by atoms with van der Waals surface area (Å²) in [4.78, 5) is 0. The second-order valence-corrected chi connectivity index (χ2v) is 7.39. The maximum Gasteiger partial charge on any atom is 0.0721 e. The molecule has 0 saturated heterocycles. The van der Waals surface area contributed by atoms with E-state index in [0.717, 1.165) is 0 Å². The molecule has 1 fully saturated rings. The van der Waals surface area contributed by atoms with Gasteiger partial charge in [-0.2, -0.15) is 5.10 Å². The van der Waals surface area contributed by atoms with Crippen molar-refractivity contribution in [2.45, 2.75) is 84.0 Å². The summed E-state index contributed by atoms with van der Waals surface area (Å²) in [6.07, 6.45) is 9.60. The van der Waals surface area contributed by atoms with Crippen LogP contribution in [0.3, 0.4) is 0 Å². The lowest BCUT2D eigenvalue weighted by Crippen LogP contribution is -2.27. The number of nitrogens with zero attached hydrogens (tertiary/aromatic N) is 2. The largest absolute Gasteiger partial charge is 0.272 e. The molecule has 0 bridgehead atoms. The normalized spacial score (nSPS) is 21.3. The molecule has 1 saturated carbocycles. The molecule has 2 nitrogen and oxygen atoms in total. The lowest BCUT2D eigenvalue weighted by Gasteiger charge is -2.32. The van der Waals surface area contributed by atoms with Crippen LogP contribution in [0.2, 0.25) is 0 Å². The molecule has 2 aliphatic rings. The summed E-state index contributed by atoms with van der Waals surface area (Å²) in [5.41, 5.74) is 5.20. The molecule has 0 aliphatic heterocycles. The molecule has 19 heavy (non-hydrogen) atoms. The number of hydrogen-bond donors (Lipinski definition) is 0. The van der Waals surface area contributed by atoms with Crippen molar-refractivity contribution < 1.29 is 0 Å². The zero-order valence-electron chi connectivity index (χ0n) is 12.3. The van der Waals surface area contributed by atoms with Gasteiger partial charge in [-0.25, -0.2) is 0 Å². The van der Waals surface area contributed by atoms with Crippen LogP contribution >= 0.6 is 0 Å². The van der Waals surface area contributed by atoms with Crippen LogP contribution in [0.4, 0.5) is 0 Å². The van der Waals surface area contributed by atoms with E-state index in [2.05, 4.69) is 32.5 Å². The van der Waals surface area contributed by atoms with Crippen molar-refractivity contribution >= 4 is 0 Å². The van der Waals surface area contributed by atoms with Crippen molar-refractivity contribution in [3.63, 3.8) is 0 Å². The molecular formula is C17H30N2. The second kappa shape index (κ2) is 4.64. The van der Waals surface area contributed by atoms with Gasteiger partial charge in [0.15, 0.2) is 0 Å². The van der Waals surface area contributed by atoms with E-state index >= 15 is 0 Å². The zero-order valence-corrected chi connectivity index (χ0v) is 12.3. The first-order valence-electron chi connectivity index (χ1n) is 7.51.